The third-order valence-corrected chi connectivity index (χ3v) is 5.34. The topological polar surface area (TPSA) is 35.9 Å². The van der Waals surface area contributed by atoms with Gasteiger partial charge in [0.05, 0.1) is 17.6 Å². The number of halogens is 1. The molecule has 0 aliphatic carbocycles. The highest BCUT2D eigenvalue weighted by atomic mass is 19.1. The summed E-state index contributed by atoms with van der Waals surface area (Å²) in [5.74, 6) is -0.390. The Bertz CT molecular complexity index is 879. The van der Waals surface area contributed by atoms with E-state index < -0.39 is 5.41 Å². The van der Waals surface area contributed by atoms with E-state index in [2.05, 4.69) is 10.0 Å². The van der Waals surface area contributed by atoms with Gasteiger partial charge in [0.1, 0.15) is 11.5 Å². The molecule has 0 aromatic heterocycles. The van der Waals surface area contributed by atoms with Gasteiger partial charge in [-0.2, -0.15) is 5.10 Å². The summed E-state index contributed by atoms with van der Waals surface area (Å²) in [5.41, 5.74) is 2.40. The summed E-state index contributed by atoms with van der Waals surface area (Å²) in [6.45, 7) is 4.85. The number of carbonyl (C=O) groups is 1. The summed E-state index contributed by atoms with van der Waals surface area (Å²) in [5, 5.41) is 6.30. The number of nitrogens with zero attached hydrogens (tertiary/aromatic N) is 3. The second kappa shape index (κ2) is 8.23. The monoisotopic (exact) mass is 381 g/mol. The number of rotatable bonds is 7. The molecule has 0 N–H and O–H groups in total. The first-order valence-corrected chi connectivity index (χ1v) is 9.67. The molecule has 148 valence electrons. The van der Waals surface area contributed by atoms with Crippen LogP contribution in [-0.4, -0.2) is 43.6 Å². The molecular weight excluding hydrogens is 353 g/mol. The number of Topliss-reactive ketones (excluding diaryl/α,β-unsaturated/α-hetero) is 1. The fourth-order valence-corrected chi connectivity index (χ4v) is 3.97. The highest BCUT2D eigenvalue weighted by Crippen LogP contribution is 2.39. The van der Waals surface area contributed by atoms with Crippen LogP contribution in [0.15, 0.2) is 53.6 Å². The summed E-state index contributed by atoms with van der Waals surface area (Å²) in [4.78, 5) is 14.7. The Balaban J connectivity index is 2.06. The van der Waals surface area contributed by atoms with Gasteiger partial charge in [0.15, 0.2) is 5.78 Å². The van der Waals surface area contributed by atoms with E-state index >= 15 is 0 Å². The number of ketones is 1. The number of hydrogen-bond donors (Lipinski definition) is 0. The van der Waals surface area contributed by atoms with Crippen LogP contribution in [0.4, 0.5) is 10.1 Å². The molecule has 2 aromatic carbocycles. The van der Waals surface area contributed by atoms with Crippen molar-refractivity contribution >= 4 is 17.2 Å². The Morgan fingerprint density at radius 2 is 1.93 bits per heavy atom. The lowest BCUT2D eigenvalue weighted by molar-refractivity contribution is -0.111. The molecule has 3 rings (SSSR count). The zero-order valence-electron chi connectivity index (χ0n) is 17.1. The van der Waals surface area contributed by atoms with Crippen molar-refractivity contribution in [3.63, 3.8) is 0 Å². The van der Waals surface area contributed by atoms with Gasteiger partial charge >= 0.3 is 0 Å². The normalized spacial score (nSPS) is 19.2. The van der Waals surface area contributed by atoms with Gasteiger partial charge in [0.2, 0.25) is 0 Å². The Hall–Kier alpha value is -2.53. The molecule has 0 spiro atoms. The summed E-state index contributed by atoms with van der Waals surface area (Å²) in [6, 6.07) is 15.0. The number of benzene rings is 2. The van der Waals surface area contributed by atoms with E-state index in [0.29, 0.717) is 17.9 Å². The molecule has 0 fully saturated rings. The van der Waals surface area contributed by atoms with Gasteiger partial charge in [0, 0.05) is 6.92 Å². The first kappa shape index (κ1) is 20.2. The number of carbonyl (C=O) groups excluding carboxylic acids is 1. The van der Waals surface area contributed by atoms with Gasteiger partial charge in [-0.25, -0.2) is 4.39 Å². The van der Waals surface area contributed by atoms with Crippen LogP contribution in [0.5, 0.6) is 0 Å². The smallest absolute Gasteiger partial charge is 0.176 e. The fourth-order valence-electron chi connectivity index (χ4n) is 3.97. The van der Waals surface area contributed by atoms with Crippen LogP contribution in [0.1, 0.15) is 30.9 Å². The zero-order chi connectivity index (χ0) is 20.3. The molecule has 5 heteroatoms. The Labute approximate surface area is 166 Å². The Morgan fingerprint density at radius 3 is 2.57 bits per heavy atom. The van der Waals surface area contributed by atoms with Gasteiger partial charge in [-0.05, 0) is 63.7 Å². The Morgan fingerprint density at radius 1 is 1.21 bits per heavy atom. The van der Waals surface area contributed by atoms with Crippen LogP contribution < -0.4 is 5.01 Å². The SMILES string of the molecule is CC(=O)C1=NN(c2cc(C)ccc2F)C[C@]1(CCCN(C)C)c1ccccc1. The number of hydrazone groups is 1. The summed E-state index contributed by atoms with van der Waals surface area (Å²) >= 11 is 0. The molecule has 28 heavy (non-hydrogen) atoms. The van der Waals surface area contributed by atoms with Crippen LogP contribution in [0.2, 0.25) is 0 Å². The molecule has 4 nitrogen and oxygen atoms in total. The van der Waals surface area contributed by atoms with Gasteiger partial charge in [-0.1, -0.05) is 36.4 Å². The van der Waals surface area contributed by atoms with Crippen molar-refractivity contribution in [2.45, 2.75) is 32.1 Å². The molecule has 0 amide bonds. The van der Waals surface area contributed by atoms with Crippen molar-refractivity contribution in [1.29, 1.82) is 0 Å². The minimum Gasteiger partial charge on any atom is -0.309 e. The third-order valence-electron chi connectivity index (χ3n) is 5.34. The van der Waals surface area contributed by atoms with Crippen LogP contribution >= 0.6 is 0 Å². The maximum atomic E-state index is 14.6. The molecule has 1 aliphatic rings. The minimum atomic E-state index is -0.542. The van der Waals surface area contributed by atoms with Crippen molar-refractivity contribution in [1.82, 2.24) is 4.90 Å². The van der Waals surface area contributed by atoms with Crippen LogP contribution in [0.3, 0.4) is 0 Å². The zero-order valence-corrected chi connectivity index (χ0v) is 17.1. The molecule has 0 saturated heterocycles. The van der Waals surface area contributed by atoms with Gasteiger partial charge in [0.25, 0.3) is 0 Å². The average Bonchev–Trinajstić information content (AvgIpc) is 3.05. The minimum absolute atomic E-state index is 0.0655. The van der Waals surface area contributed by atoms with E-state index in [1.807, 2.05) is 51.4 Å². The van der Waals surface area contributed by atoms with E-state index in [-0.39, 0.29) is 11.6 Å². The molecule has 1 atom stereocenters. The molecule has 0 unspecified atom stereocenters. The van der Waals surface area contributed by atoms with E-state index in [9.17, 15) is 9.18 Å². The molecule has 0 radical (unpaired) electrons. The molecule has 1 aliphatic heterocycles. The second-order valence-corrected chi connectivity index (χ2v) is 7.87. The number of hydrogen-bond acceptors (Lipinski definition) is 4. The highest BCUT2D eigenvalue weighted by molar-refractivity contribution is 6.43. The predicted molar refractivity (Wildman–Crippen MR) is 113 cm³/mol. The average molecular weight is 381 g/mol. The van der Waals surface area contributed by atoms with Crippen molar-refractivity contribution < 1.29 is 9.18 Å². The standard InChI is InChI=1S/C23H28FN3O/c1-17-11-12-20(24)21(15-17)27-16-23(13-8-14-26(3)4,22(25-27)18(2)28)19-9-6-5-7-10-19/h5-7,9-12,15H,8,13-14,16H2,1-4H3/t23-/m1/s1. The molecule has 0 saturated carbocycles. The van der Waals surface area contributed by atoms with Crippen LogP contribution in [0, 0.1) is 12.7 Å². The lowest BCUT2D eigenvalue weighted by Gasteiger charge is -2.31. The van der Waals surface area contributed by atoms with E-state index in [4.69, 9.17) is 0 Å². The fraction of sp³-hybridized carbons (Fsp3) is 0.391. The van der Waals surface area contributed by atoms with E-state index in [1.54, 1.807) is 24.1 Å². The largest absolute Gasteiger partial charge is 0.309 e. The summed E-state index contributed by atoms with van der Waals surface area (Å²) in [7, 11) is 4.08. The second-order valence-electron chi connectivity index (χ2n) is 7.87. The van der Waals surface area contributed by atoms with Gasteiger partial charge in [-0.3, -0.25) is 9.80 Å². The summed E-state index contributed by atoms with van der Waals surface area (Å²) in [6.07, 6.45) is 1.69. The first-order valence-electron chi connectivity index (χ1n) is 9.67. The molecule has 1 heterocycles. The van der Waals surface area contributed by atoms with Crippen molar-refractivity contribution in [3.05, 3.63) is 65.5 Å². The maximum Gasteiger partial charge on any atom is 0.176 e. The van der Waals surface area contributed by atoms with Crippen LogP contribution in [-0.2, 0) is 10.2 Å². The molecule has 2 aromatic rings. The number of aryl methyl sites for hydroxylation is 1. The van der Waals surface area contributed by atoms with Crippen LogP contribution in [0.25, 0.3) is 0 Å². The Kier molecular flexibility index (Phi) is 5.94. The molecule has 0 bridgehead atoms. The van der Waals surface area contributed by atoms with Gasteiger partial charge < -0.3 is 4.90 Å². The van der Waals surface area contributed by atoms with E-state index in [1.165, 1.54) is 6.07 Å². The highest BCUT2D eigenvalue weighted by Gasteiger charge is 2.46. The number of anilines is 1. The van der Waals surface area contributed by atoms with Crippen molar-refractivity contribution in [2.75, 3.05) is 32.2 Å². The lowest BCUT2D eigenvalue weighted by Crippen LogP contribution is -2.42. The molecular formula is C23H28FN3O. The summed E-state index contributed by atoms with van der Waals surface area (Å²) < 4.78 is 14.6. The van der Waals surface area contributed by atoms with Crippen molar-refractivity contribution in [2.24, 2.45) is 5.10 Å². The quantitative estimate of drug-likeness (QED) is 0.722. The lowest BCUT2D eigenvalue weighted by atomic mass is 9.72. The third kappa shape index (κ3) is 3.99. The van der Waals surface area contributed by atoms with E-state index in [0.717, 1.165) is 30.5 Å². The first-order chi connectivity index (χ1) is 13.3. The van der Waals surface area contributed by atoms with Gasteiger partial charge in [-0.15, -0.1) is 0 Å². The maximum absolute atomic E-state index is 14.6. The van der Waals surface area contributed by atoms with Crippen molar-refractivity contribution in [3.8, 4) is 0 Å². The predicted octanol–water partition coefficient (Wildman–Crippen LogP) is 4.18.